The maximum absolute atomic E-state index is 12.3. The first-order valence-corrected chi connectivity index (χ1v) is 8.45. The third-order valence-corrected chi connectivity index (χ3v) is 4.25. The number of hydrogen-bond acceptors (Lipinski definition) is 4. The highest BCUT2D eigenvalue weighted by Crippen LogP contribution is 2.20. The van der Waals surface area contributed by atoms with Gasteiger partial charge in [-0.15, -0.1) is 0 Å². The number of anilines is 1. The third-order valence-electron chi connectivity index (χ3n) is 4.02. The second-order valence-electron chi connectivity index (χ2n) is 6.02. The van der Waals surface area contributed by atoms with Crippen LogP contribution in [0.2, 0.25) is 5.02 Å². The predicted molar refractivity (Wildman–Crippen MR) is 99.6 cm³/mol. The lowest BCUT2D eigenvalue weighted by molar-refractivity contribution is -0.123. The Labute approximate surface area is 155 Å². The summed E-state index contributed by atoms with van der Waals surface area (Å²) in [6.45, 7) is 5.27. The molecule has 0 aliphatic carbocycles. The van der Waals surface area contributed by atoms with E-state index < -0.39 is 18.0 Å². The molecule has 3 rings (SSSR count). The molecule has 0 radical (unpaired) electrons. The standard InChI is InChI=1S/C19H18ClN3O3/c1-11-7-8-14(20)9-15(11)22-18(24)13(3)26-19(25)16-10-23-12(2)5-4-6-17(23)21-16/h4-10,13H,1-3H3,(H,22,24)/t13-/m0/s1. The SMILES string of the molecule is Cc1ccc(Cl)cc1NC(=O)[C@H](C)OC(=O)c1cn2c(C)cccc2n1. The number of rotatable bonds is 4. The van der Waals surface area contributed by atoms with Gasteiger partial charge in [-0.25, -0.2) is 9.78 Å². The van der Waals surface area contributed by atoms with Gasteiger partial charge in [-0.05, 0) is 50.6 Å². The van der Waals surface area contributed by atoms with Crippen LogP contribution in [0, 0.1) is 13.8 Å². The third kappa shape index (κ3) is 3.70. The number of esters is 1. The fourth-order valence-electron chi connectivity index (χ4n) is 2.48. The van der Waals surface area contributed by atoms with Crippen LogP contribution in [0.15, 0.2) is 42.6 Å². The van der Waals surface area contributed by atoms with Gasteiger partial charge >= 0.3 is 5.97 Å². The highest BCUT2D eigenvalue weighted by atomic mass is 35.5. The van der Waals surface area contributed by atoms with Gasteiger partial charge in [0, 0.05) is 22.6 Å². The largest absolute Gasteiger partial charge is 0.448 e. The molecule has 3 aromatic rings. The van der Waals surface area contributed by atoms with E-state index >= 15 is 0 Å². The molecule has 2 heterocycles. The van der Waals surface area contributed by atoms with Crippen LogP contribution < -0.4 is 5.32 Å². The van der Waals surface area contributed by atoms with Crippen LogP contribution in [-0.2, 0) is 9.53 Å². The van der Waals surface area contributed by atoms with Crippen LogP contribution in [0.1, 0.15) is 28.7 Å². The van der Waals surface area contributed by atoms with Gasteiger partial charge < -0.3 is 14.5 Å². The van der Waals surface area contributed by atoms with Gasteiger partial charge in [0.25, 0.3) is 5.91 Å². The molecule has 2 aromatic heterocycles. The number of halogens is 1. The Kier molecular flexibility index (Phi) is 4.95. The Bertz CT molecular complexity index is 997. The molecule has 1 N–H and O–H groups in total. The lowest BCUT2D eigenvalue weighted by Crippen LogP contribution is -2.30. The minimum Gasteiger partial charge on any atom is -0.448 e. The van der Waals surface area contributed by atoms with Gasteiger partial charge in [0.2, 0.25) is 0 Å². The number of nitrogens with zero attached hydrogens (tertiary/aromatic N) is 2. The molecule has 7 heteroatoms. The van der Waals surface area contributed by atoms with Crippen molar-refractivity contribution in [3.63, 3.8) is 0 Å². The molecule has 1 amide bonds. The van der Waals surface area contributed by atoms with E-state index in [2.05, 4.69) is 10.3 Å². The minimum atomic E-state index is -0.980. The van der Waals surface area contributed by atoms with Crippen LogP contribution in [0.5, 0.6) is 0 Å². The van der Waals surface area contributed by atoms with Crippen LogP contribution in [0.4, 0.5) is 5.69 Å². The van der Waals surface area contributed by atoms with Gasteiger partial charge in [-0.2, -0.15) is 0 Å². The number of carbonyl (C=O) groups excluding carboxylic acids is 2. The predicted octanol–water partition coefficient (Wildman–Crippen LogP) is 3.79. The van der Waals surface area contributed by atoms with Gasteiger partial charge in [-0.3, -0.25) is 4.79 Å². The quantitative estimate of drug-likeness (QED) is 0.708. The van der Waals surface area contributed by atoms with Crippen molar-refractivity contribution in [3.8, 4) is 0 Å². The highest BCUT2D eigenvalue weighted by Gasteiger charge is 2.21. The Hall–Kier alpha value is -2.86. The number of ether oxygens (including phenoxy) is 1. The molecular formula is C19H18ClN3O3. The second kappa shape index (κ2) is 7.17. The Balaban J connectivity index is 1.70. The summed E-state index contributed by atoms with van der Waals surface area (Å²) in [5.74, 6) is -1.10. The van der Waals surface area contributed by atoms with Crippen molar-refractivity contribution in [2.45, 2.75) is 26.9 Å². The number of nitrogens with one attached hydrogen (secondary N) is 1. The van der Waals surface area contributed by atoms with Crippen molar-refractivity contribution in [3.05, 3.63) is 64.6 Å². The van der Waals surface area contributed by atoms with Gasteiger partial charge in [0.05, 0.1) is 0 Å². The molecule has 0 unspecified atom stereocenters. The molecule has 0 spiro atoms. The zero-order chi connectivity index (χ0) is 18.8. The average Bonchev–Trinajstić information content (AvgIpc) is 3.04. The van der Waals surface area contributed by atoms with E-state index in [0.29, 0.717) is 16.4 Å². The maximum Gasteiger partial charge on any atom is 0.359 e. The van der Waals surface area contributed by atoms with Crippen molar-refractivity contribution in [1.82, 2.24) is 9.38 Å². The van der Waals surface area contributed by atoms with E-state index in [-0.39, 0.29) is 5.69 Å². The number of amides is 1. The number of pyridine rings is 1. The van der Waals surface area contributed by atoms with Crippen LogP contribution >= 0.6 is 11.6 Å². The molecular weight excluding hydrogens is 354 g/mol. The van der Waals surface area contributed by atoms with E-state index in [0.717, 1.165) is 11.3 Å². The van der Waals surface area contributed by atoms with E-state index in [1.165, 1.54) is 6.92 Å². The first-order chi connectivity index (χ1) is 12.3. The van der Waals surface area contributed by atoms with Crippen LogP contribution in [0.25, 0.3) is 5.65 Å². The summed E-state index contributed by atoms with van der Waals surface area (Å²) >= 11 is 5.95. The maximum atomic E-state index is 12.3. The molecule has 0 aliphatic rings. The van der Waals surface area contributed by atoms with E-state index in [1.807, 2.05) is 26.0 Å². The molecule has 0 bridgehead atoms. The molecule has 0 fully saturated rings. The minimum absolute atomic E-state index is 0.151. The molecule has 1 atom stereocenters. The number of aromatic nitrogens is 2. The van der Waals surface area contributed by atoms with Crippen molar-refractivity contribution in [2.24, 2.45) is 0 Å². The molecule has 0 saturated heterocycles. The zero-order valence-electron chi connectivity index (χ0n) is 14.6. The summed E-state index contributed by atoms with van der Waals surface area (Å²) in [5, 5.41) is 3.23. The number of imidazole rings is 1. The molecule has 26 heavy (non-hydrogen) atoms. The average molecular weight is 372 g/mol. The second-order valence-corrected chi connectivity index (χ2v) is 6.45. The first kappa shape index (κ1) is 17.9. The molecule has 0 saturated carbocycles. The summed E-state index contributed by atoms with van der Waals surface area (Å²) in [5.41, 5.74) is 3.17. The zero-order valence-corrected chi connectivity index (χ0v) is 15.4. The highest BCUT2D eigenvalue weighted by molar-refractivity contribution is 6.31. The molecule has 6 nitrogen and oxygen atoms in total. The smallest absolute Gasteiger partial charge is 0.359 e. The number of aryl methyl sites for hydroxylation is 2. The summed E-state index contributed by atoms with van der Waals surface area (Å²) in [6.07, 6.45) is 0.616. The van der Waals surface area contributed by atoms with Crippen molar-refractivity contribution < 1.29 is 14.3 Å². The number of hydrogen-bond donors (Lipinski definition) is 1. The van der Waals surface area contributed by atoms with E-state index in [9.17, 15) is 9.59 Å². The summed E-state index contributed by atoms with van der Waals surface area (Å²) in [6, 6.07) is 10.7. The molecule has 0 aliphatic heterocycles. The van der Waals surface area contributed by atoms with Crippen LogP contribution in [0.3, 0.4) is 0 Å². The van der Waals surface area contributed by atoms with Crippen LogP contribution in [-0.4, -0.2) is 27.4 Å². The Morgan fingerprint density at radius 2 is 2.00 bits per heavy atom. The number of benzene rings is 1. The summed E-state index contributed by atoms with van der Waals surface area (Å²) in [4.78, 5) is 28.9. The van der Waals surface area contributed by atoms with Crippen molar-refractivity contribution in [2.75, 3.05) is 5.32 Å². The lowest BCUT2D eigenvalue weighted by atomic mass is 10.2. The Morgan fingerprint density at radius 3 is 2.73 bits per heavy atom. The summed E-state index contributed by atoms with van der Waals surface area (Å²) < 4.78 is 7.04. The van der Waals surface area contributed by atoms with Gasteiger partial charge in [0.15, 0.2) is 11.8 Å². The molecule has 134 valence electrons. The van der Waals surface area contributed by atoms with Crippen molar-refractivity contribution >= 4 is 34.8 Å². The van der Waals surface area contributed by atoms with Crippen molar-refractivity contribution in [1.29, 1.82) is 0 Å². The first-order valence-electron chi connectivity index (χ1n) is 8.08. The number of fused-ring (bicyclic) bond motifs is 1. The summed E-state index contributed by atoms with van der Waals surface area (Å²) in [7, 11) is 0. The topological polar surface area (TPSA) is 72.7 Å². The van der Waals surface area contributed by atoms with E-state index in [1.54, 1.807) is 34.9 Å². The normalized spacial score (nSPS) is 12.0. The molecule has 1 aromatic carbocycles. The number of carbonyl (C=O) groups is 2. The fourth-order valence-corrected chi connectivity index (χ4v) is 2.66. The lowest BCUT2D eigenvalue weighted by Gasteiger charge is -2.14. The van der Waals surface area contributed by atoms with E-state index in [4.69, 9.17) is 16.3 Å². The Morgan fingerprint density at radius 1 is 1.23 bits per heavy atom. The van der Waals surface area contributed by atoms with Gasteiger partial charge in [-0.1, -0.05) is 23.7 Å². The monoisotopic (exact) mass is 371 g/mol. The van der Waals surface area contributed by atoms with Gasteiger partial charge in [0.1, 0.15) is 5.65 Å². The fraction of sp³-hybridized carbons (Fsp3) is 0.211.